The average Bonchev–Trinajstić information content (AvgIpc) is 3.20. The summed E-state index contributed by atoms with van der Waals surface area (Å²) < 4.78 is 18.6. The third-order valence-electron chi connectivity index (χ3n) is 3.76. The van der Waals surface area contributed by atoms with Gasteiger partial charge in [-0.05, 0) is 53.8 Å². The van der Waals surface area contributed by atoms with Gasteiger partial charge in [0.15, 0.2) is 5.96 Å². The zero-order valence-corrected chi connectivity index (χ0v) is 18.5. The number of aliphatic imine (C=N–C) groups is 1. The average molecular weight is 512 g/mol. The summed E-state index contributed by atoms with van der Waals surface area (Å²) in [5.41, 5.74) is 1.00. The van der Waals surface area contributed by atoms with Gasteiger partial charge in [-0.15, -0.1) is 35.3 Å². The Bertz CT molecular complexity index is 872. The number of aromatic nitrogens is 1. The lowest BCUT2D eigenvalue weighted by molar-refractivity contribution is 0.460. The molecule has 2 N–H and O–H groups in total. The molecular formula is C20H22FIN4OS. The van der Waals surface area contributed by atoms with Crippen molar-refractivity contribution in [2.75, 3.05) is 13.6 Å². The highest BCUT2D eigenvalue weighted by Gasteiger charge is 2.03. The van der Waals surface area contributed by atoms with Crippen LogP contribution in [0.5, 0.6) is 11.6 Å². The topological polar surface area (TPSA) is 58.5 Å². The molecule has 0 bridgehead atoms. The highest BCUT2D eigenvalue weighted by atomic mass is 127. The smallest absolute Gasteiger partial charge is 0.219 e. The van der Waals surface area contributed by atoms with E-state index < -0.39 is 0 Å². The minimum atomic E-state index is -0.300. The molecule has 0 saturated heterocycles. The van der Waals surface area contributed by atoms with Crippen LogP contribution in [-0.2, 0) is 13.0 Å². The first-order valence-corrected chi connectivity index (χ1v) is 9.46. The van der Waals surface area contributed by atoms with Crippen LogP contribution in [0.2, 0.25) is 0 Å². The number of guanidine groups is 1. The Labute approximate surface area is 185 Å². The van der Waals surface area contributed by atoms with Crippen molar-refractivity contribution in [1.82, 2.24) is 15.6 Å². The fraction of sp³-hybridized carbons (Fsp3) is 0.200. The highest BCUT2D eigenvalue weighted by molar-refractivity contribution is 14.0. The predicted octanol–water partition coefficient (Wildman–Crippen LogP) is 4.60. The summed E-state index contributed by atoms with van der Waals surface area (Å²) in [6.07, 6.45) is 2.64. The molecule has 2 aromatic heterocycles. The van der Waals surface area contributed by atoms with E-state index in [4.69, 9.17) is 4.74 Å². The van der Waals surface area contributed by atoms with Crippen LogP contribution in [0.3, 0.4) is 0 Å². The number of benzene rings is 1. The number of ether oxygens (including phenoxy) is 1. The van der Waals surface area contributed by atoms with Gasteiger partial charge in [0.1, 0.15) is 11.6 Å². The number of halogens is 2. The second kappa shape index (κ2) is 11.6. The molecule has 2 heterocycles. The van der Waals surface area contributed by atoms with Crippen LogP contribution in [0.1, 0.15) is 10.4 Å². The largest absolute Gasteiger partial charge is 0.439 e. The van der Waals surface area contributed by atoms with Gasteiger partial charge < -0.3 is 15.4 Å². The van der Waals surface area contributed by atoms with Gasteiger partial charge in [0.05, 0.1) is 0 Å². The third kappa shape index (κ3) is 7.08. The molecule has 0 fully saturated rings. The first kappa shape index (κ1) is 22.1. The monoisotopic (exact) mass is 512 g/mol. The lowest BCUT2D eigenvalue weighted by Gasteiger charge is -2.12. The zero-order chi connectivity index (χ0) is 18.9. The SMILES string of the molecule is CN=C(NCCc1cccs1)NCc1ccnc(Oc2ccc(F)cc2)c1.I. The molecule has 0 unspecified atom stereocenters. The van der Waals surface area contributed by atoms with Crippen LogP contribution in [-0.4, -0.2) is 24.5 Å². The van der Waals surface area contributed by atoms with Crippen LogP contribution in [0.4, 0.5) is 4.39 Å². The molecule has 0 amide bonds. The number of hydrogen-bond donors (Lipinski definition) is 2. The molecule has 0 aliphatic carbocycles. The summed E-state index contributed by atoms with van der Waals surface area (Å²) in [5, 5.41) is 8.66. The molecule has 148 valence electrons. The Balaban J connectivity index is 0.00000280. The van der Waals surface area contributed by atoms with Crippen molar-refractivity contribution >= 4 is 41.3 Å². The van der Waals surface area contributed by atoms with Crippen LogP contribution in [0.15, 0.2) is 65.1 Å². The lowest BCUT2D eigenvalue weighted by atomic mass is 10.2. The zero-order valence-electron chi connectivity index (χ0n) is 15.4. The third-order valence-corrected chi connectivity index (χ3v) is 4.70. The van der Waals surface area contributed by atoms with E-state index in [2.05, 4.69) is 38.1 Å². The standard InChI is InChI=1S/C20H21FN4OS.HI/c1-22-20(24-11-9-18-3-2-12-27-18)25-14-15-8-10-23-19(13-15)26-17-6-4-16(21)5-7-17;/h2-8,10,12-13H,9,11,14H2,1H3,(H2,22,24,25);1H. The molecule has 0 saturated carbocycles. The molecule has 3 aromatic rings. The Morgan fingerprint density at radius 1 is 1.18 bits per heavy atom. The van der Waals surface area contributed by atoms with E-state index in [1.807, 2.05) is 12.1 Å². The summed E-state index contributed by atoms with van der Waals surface area (Å²) in [4.78, 5) is 9.77. The number of nitrogens with one attached hydrogen (secondary N) is 2. The van der Waals surface area contributed by atoms with E-state index in [1.54, 1.807) is 36.7 Å². The number of rotatable bonds is 7. The van der Waals surface area contributed by atoms with Crippen LogP contribution in [0.25, 0.3) is 0 Å². The maximum Gasteiger partial charge on any atom is 0.219 e. The Hall–Kier alpha value is -2.20. The minimum Gasteiger partial charge on any atom is -0.439 e. The van der Waals surface area contributed by atoms with Gasteiger partial charge in [-0.1, -0.05) is 6.07 Å². The number of nitrogens with zero attached hydrogens (tertiary/aromatic N) is 2. The Kier molecular flexibility index (Phi) is 9.15. The molecule has 0 atom stereocenters. The maximum absolute atomic E-state index is 13.0. The summed E-state index contributed by atoms with van der Waals surface area (Å²) in [6.45, 7) is 1.40. The maximum atomic E-state index is 13.0. The predicted molar refractivity (Wildman–Crippen MR) is 122 cm³/mol. The second-order valence-electron chi connectivity index (χ2n) is 5.74. The first-order chi connectivity index (χ1) is 13.2. The van der Waals surface area contributed by atoms with Crippen molar-refractivity contribution in [3.8, 4) is 11.6 Å². The van der Waals surface area contributed by atoms with Gasteiger partial charge in [-0.25, -0.2) is 9.37 Å². The van der Waals surface area contributed by atoms with E-state index in [-0.39, 0.29) is 29.8 Å². The second-order valence-corrected chi connectivity index (χ2v) is 6.77. The van der Waals surface area contributed by atoms with E-state index >= 15 is 0 Å². The van der Waals surface area contributed by atoms with Gasteiger partial charge in [-0.2, -0.15) is 0 Å². The molecule has 1 aromatic carbocycles. The summed E-state index contributed by atoms with van der Waals surface area (Å²) in [6, 6.07) is 13.8. The molecule has 0 spiro atoms. The molecule has 0 radical (unpaired) electrons. The molecule has 3 rings (SSSR count). The molecule has 28 heavy (non-hydrogen) atoms. The van der Waals surface area contributed by atoms with Gasteiger partial charge in [-0.3, -0.25) is 4.99 Å². The van der Waals surface area contributed by atoms with Crippen LogP contribution < -0.4 is 15.4 Å². The van der Waals surface area contributed by atoms with Crippen molar-refractivity contribution in [3.63, 3.8) is 0 Å². The van der Waals surface area contributed by atoms with Crippen molar-refractivity contribution in [2.24, 2.45) is 4.99 Å². The molecule has 0 aliphatic heterocycles. The summed E-state index contributed by atoms with van der Waals surface area (Å²) in [5.74, 6) is 1.44. The summed E-state index contributed by atoms with van der Waals surface area (Å²) >= 11 is 1.75. The number of pyridine rings is 1. The van der Waals surface area contributed by atoms with Crippen molar-refractivity contribution in [2.45, 2.75) is 13.0 Å². The van der Waals surface area contributed by atoms with E-state index in [9.17, 15) is 4.39 Å². The van der Waals surface area contributed by atoms with Crippen LogP contribution >= 0.6 is 35.3 Å². The van der Waals surface area contributed by atoms with Crippen LogP contribution in [0, 0.1) is 5.82 Å². The molecule has 8 heteroatoms. The van der Waals surface area contributed by atoms with Gasteiger partial charge in [0.2, 0.25) is 5.88 Å². The van der Waals surface area contributed by atoms with Crippen molar-refractivity contribution in [1.29, 1.82) is 0 Å². The lowest BCUT2D eigenvalue weighted by Crippen LogP contribution is -2.37. The highest BCUT2D eigenvalue weighted by Crippen LogP contribution is 2.20. The fourth-order valence-corrected chi connectivity index (χ4v) is 3.11. The normalized spacial score (nSPS) is 10.9. The van der Waals surface area contributed by atoms with E-state index in [0.717, 1.165) is 24.5 Å². The molecule has 0 aliphatic rings. The minimum absolute atomic E-state index is 0. The van der Waals surface area contributed by atoms with Crippen molar-refractivity contribution in [3.05, 3.63) is 76.4 Å². The number of thiophene rings is 1. The van der Waals surface area contributed by atoms with E-state index in [1.165, 1.54) is 17.0 Å². The van der Waals surface area contributed by atoms with Gasteiger partial charge >= 0.3 is 0 Å². The Morgan fingerprint density at radius 2 is 2.00 bits per heavy atom. The van der Waals surface area contributed by atoms with E-state index in [0.29, 0.717) is 18.2 Å². The van der Waals surface area contributed by atoms with Gasteiger partial charge in [0, 0.05) is 37.3 Å². The van der Waals surface area contributed by atoms with Gasteiger partial charge in [0.25, 0.3) is 0 Å². The summed E-state index contributed by atoms with van der Waals surface area (Å²) in [7, 11) is 1.75. The first-order valence-electron chi connectivity index (χ1n) is 8.58. The molecule has 5 nitrogen and oxygen atoms in total. The Morgan fingerprint density at radius 3 is 2.71 bits per heavy atom. The van der Waals surface area contributed by atoms with Crippen molar-refractivity contribution < 1.29 is 9.13 Å². The molecular weight excluding hydrogens is 490 g/mol. The fourth-order valence-electron chi connectivity index (χ4n) is 2.40. The number of hydrogen-bond acceptors (Lipinski definition) is 4. The quantitative estimate of drug-likeness (QED) is 0.276.